The van der Waals surface area contributed by atoms with Gasteiger partial charge in [0, 0.05) is 21.2 Å². The smallest absolute Gasteiger partial charge is 0.171 e. The van der Waals surface area contributed by atoms with Crippen LogP contribution in [0.3, 0.4) is 0 Å². The maximum atomic E-state index is 11.9. The molecule has 0 unspecified atom stereocenters. The summed E-state index contributed by atoms with van der Waals surface area (Å²) in [5, 5.41) is 0. The quantitative estimate of drug-likeness (QED) is 0.523. The maximum Gasteiger partial charge on any atom is 0.388 e. The molecule has 0 spiro atoms. The van der Waals surface area contributed by atoms with Gasteiger partial charge in [-0.15, -0.1) is 0 Å². The monoisotopic (exact) mass is 284 g/mol. The van der Waals surface area contributed by atoms with Crippen molar-refractivity contribution in [2.45, 2.75) is 37.3 Å². The first-order valence-corrected chi connectivity index (χ1v) is 15.3. The summed E-state index contributed by atoms with van der Waals surface area (Å²) < 4.78 is 71.1. The molecule has 0 heterocycles. The van der Waals surface area contributed by atoms with Gasteiger partial charge in [0.2, 0.25) is 0 Å². The Labute approximate surface area is 90.9 Å². The van der Waals surface area contributed by atoms with E-state index in [2.05, 4.69) is 0 Å². The topological polar surface area (TPSA) is 0 Å². The number of hydrogen-bond acceptors (Lipinski definition) is 0. The van der Waals surface area contributed by atoms with Crippen molar-refractivity contribution in [3.05, 3.63) is 0 Å². The predicted octanol–water partition coefficient (Wildman–Crippen LogP) is 1.06. The van der Waals surface area contributed by atoms with E-state index >= 15 is 0 Å². The van der Waals surface area contributed by atoms with E-state index in [1.54, 1.807) is 0 Å². The van der Waals surface area contributed by atoms with E-state index in [4.69, 9.17) is 0 Å². The summed E-state index contributed by atoms with van der Waals surface area (Å²) >= 11 is 0. The average Bonchev–Trinajstić information content (AvgIpc) is 2.00. The minimum atomic E-state index is -4.20. The van der Waals surface area contributed by atoms with E-state index < -0.39 is 42.1 Å². The van der Waals surface area contributed by atoms with Crippen LogP contribution in [0.1, 0.15) is 12.8 Å². The van der Waals surface area contributed by atoms with E-state index in [-0.39, 0.29) is 12.1 Å². The molecule has 0 aromatic rings. The molecule has 0 aliphatic heterocycles. The molecule has 0 radical (unpaired) electrons. The predicted molar refractivity (Wildman–Crippen MR) is 56.6 cm³/mol. The van der Waals surface area contributed by atoms with Gasteiger partial charge in [0.25, 0.3) is 0 Å². The van der Waals surface area contributed by atoms with Gasteiger partial charge in [0.1, 0.15) is 0 Å². The van der Waals surface area contributed by atoms with Crippen molar-refractivity contribution in [3.8, 4) is 0 Å². The number of rotatable bonds is 5. The van der Waals surface area contributed by atoms with Gasteiger partial charge in [-0.25, -0.2) is 0 Å². The molecule has 9 heteroatoms. The maximum absolute atomic E-state index is 11.9. The third kappa shape index (κ3) is 10.5. The largest absolute Gasteiger partial charge is 0.388 e. The van der Waals surface area contributed by atoms with E-state index in [9.17, 15) is 26.3 Å². The van der Waals surface area contributed by atoms with Gasteiger partial charge in [-0.3, -0.25) is 0 Å². The summed E-state index contributed by atoms with van der Waals surface area (Å²) in [7, 11) is -1.34. The zero-order valence-electron chi connectivity index (χ0n) is 8.38. The van der Waals surface area contributed by atoms with Gasteiger partial charge in [-0.05, 0) is 18.3 Å². The molecule has 0 aromatic carbocycles. The minimum Gasteiger partial charge on any atom is -0.171 e. The van der Waals surface area contributed by atoms with Gasteiger partial charge in [-0.2, -0.15) is 26.3 Å². The fraction of sp³-hybridized carbons (Fsp3) is 1.00. The number of halogens is 6. The molecular formula is C6H14F6Si3. The van der Waals surface area contributed by atoms with Crippen LogP contribution in [0.2, 0.25) is 12.1 Å². The number of alkyl halides is 6. The van der Waals surface area contributed by atoms with E-state index in [0.717, 1.165) is 9.76 Å². The Bertz CT molecular complexity index is 159. The zero-order valence-corrected chi connectivity index (χ0v) is 12.9. The van der Waals surface area contributed by atoms with Crippen LogP contribution in [0.25, 0.3) is 0 Å². The lowest BCUT2D eigenvalue weighted by molar-refractivity contribution is -0.131. The molecule has 0 aliphatic rings. The Hall–Kier alpha value is 0.231. The molecule has 0 rings (SSSR count). The highest BCUT2D eigenvalue weighted by Gasteiger charge is 2.31. The van der Waals surface area contributed by atoms with Crippen LogP contribution in [0.15, 0.2) is 0 Å². The van der Waals surface area contributed by atoms with Gasteiger partial charge in [0.05, 0.1) is 0 Å². The highest BCUT2D eigenvalue weighted by atomic mass is 29.5. The summed E-state index contributed by atoms with van der Waals surface area (Å²) in [4.78, 5) is 0. The van der Waals surface area contributed by atoms with Crippen molar-refractivity contribution in [3.63, 3.8) is 0 Å². The van der Waals surface area contributed by atoms with Gasteiger partial charge >= 0.3 is 12.4 Å². The Balaban J connectivity index is 3.84. The van der Waals surface area contributed by atoms with Crippen molar-refractivity contribution in [1.29, 1.82) is 0 Å². The van der Waals surface area contributed by atoms with Crippen LogP contribution in [-0.4, -0.2) is 39.0 Å². The lowest BCUT2D eigenvalue weighted by Crippen LogP contribution is -2.27. The molecule has 0 nitrogen and oxygen atoms in total. The normalized spacial score (nSPS) is 14.6. The highest BCUT2D eigenvalue weighted by Crippen LogP contribution is 2.26. The summed E-state index contributed by atoms with van der Waals surface area (Å²) in [6.07, 6.45) is -10.2. The van der Waals surface area contributed by atoms with Crippen LogP contribution in [0, 0.1) is 0 Å². The molecule has 0 aliphatic carbocycles. The van der Waals surface area contributed by atoms with Crippen molar-refractivity contribution < 1.29 is 26.3 Å². The van der Waals surface area contributed by atoms with E-state index in [1.165, 1.54) is 0 Å². The standard InChI is InChI=1S/C6H14F6Si3/c7-5(8,9)1-3-15(14-13)4-2-6(10,11)12/h15H,1-4,14H2,13H3. The molecule has 0 bridgehead atoms. The van der Waals surface area contributed by atoms with Crippen LogP contribution in [0.4, 0.5) is 26.3 Å². The summed E-state index contributed by atoms with van der Waals surface area (Å²) in [6, 6.07) is 0.0462. The first kappa shape index (κ1) is 15.2. The van der Waals surface area contributed by atoms with E-state index in [0.29, 0.717) is 0 Å². The van der Waals surface area contributed by atoms with Crippen molar-refractivity contribution in [2.24, 2.45) is 0 Å². The molecule has 15 heavy (non-hydrogen) atoms. The highest BCUT2D eigenvalue weighted by molar-refractivity contribution is 7.31. The summed E-state index contributed by atoms with van der Waals surface area (Å²) in [6.45, 7) is 0. The van der Waals surface area contributed by atoms with Gasteiger partial charge in [-0.1, -0.05) is 12.1 Å². The molecule has 0 aromatic heterocycles. The second-order valence-electron chi connectivity index (χ2n) is 3.58. The molecule has 92 valence electrons. The lowest BCUT2D eigenvalue weighted by atomic mass is 10.5. The van der Waals surface area contributed by atoms with Crippen molar-refractivity contribution in [2.75, 3.05) is 0 Å². The average molecular weight is 284 g/mol. The third-order valence-electron chi connectivity index (χ3n) is 2.25. The van der Waals surface area contributed by atoms with Crippen LogP contribution in [0.5, 0.6) is 0 Å². The second-order valence-corrected chi connectivity index (χ2v) is 20.5. The molecule has 0 amide bonds. The van der Waals surface area contributed by atoms with Crippen LogP contribution < -0.4 is 0 Å². The first-order valence-electron chi connectivity index (χ1n) is 4.77. The molecule has 0 saturated heterocycles. The van der Waals surface area contributed by atoms with Crippen LogP contribution >= 0.6 is 0 Å². The molecular weight excluding hydrogens is 270 g/mol. The van der Waals surface area contributed by atoms with E-state index in [1.807, 2.05) is 0 Å². The Morgan fingerprint density at radius 3 is 1.40 bits per heavy atom. The molecule has 0 fully saturated rings. The molecule has 0 atom stereocenters. The van der Waals surface area contributed by atoms with Gasteiger partial charge in [0.15, 0.2) is 0 Å². The van der Waals surface area contributed by atoms with Crippen molar-refractivity contribution in [1.82, 2.24) is 0 Å². The van der Waals surface area contributed by atoms with Gasteiger partial charge < -0.3 is 0 Å². The molecule has 0 saturated carbocycles. The Morgan fingerprint density at radius 2 is 1.20 bits per heavy atom. The fourth-order valence-corrected chi connectivity index (χ4v) is 14.9. The SMILES string of the molecule is FC(F)(F)CC[SiH](CCC(F)(F)F)[SiH2][SiH3]. The van der Waals surface area contributed by atoms with Crippen molar-refractivity contribution >= 4 is 26.6 Å². The lowest BCUT2D eigenvalue weighted by Gasteiger charge is -2.15. The summed E-state index contributed by atoms with van der Waals surface area (Å²) in [5.41, 5.74) is 0. The number of hydrogen-bond donors (Lipinski definition) is 0. The van der Waals surface area contributed by atoms with Crippen LogP contribution in [-0.2, 0) is 0 Å². The Kier molecular flexibility index (Phi) is 6.18. The summed E-state index contributed by atoms with van der Waals surface area (Å²) in [5.74, 6) is 0. The fourth-order valence-electron chi connectivity index (χ4n) is 1.29. The second kappa shape index (κ2) is 6.09. The Morgan fingerprint density at radius 1 is 0.867 bits per heavy atom. The third-order valence-corrected chi connectivity index (χ3v) is 21.9. The zero-order chi connectivity index (χ0) is 12.1. The first-order chi connectivity index (χ1) is 6.64. The molecule has 0 N–H and O–H groups in total. The minimum absolute atomic E-state index is 0.0231.